The summed E-state index contributed by atoms with van der Waals surface area (Å²) >= 11 is 0. The molecule has 0 saturated heterocycles. The summed E-state index contributed by atoms with van der Waals surface area (Å²) in [7, 11) is 0. The Morgan fingerprint density at radius 2 is 2.13 bits per heavy atom. The maximum Gasteiger partial charge on any atom is 0.333 e. The summed E-state index contributed by atoms with van der Waals surface area (Å²) in [5, 5.41) is 24.2. The van der Waals surface area contributed by atoms with Crippen molar-refractivity contribution in [2.45, 2.75) is 25.4 Å². The fourth-order valence-corrected chi connectivity index (χ4v) is 3.69. The van der Waals surface area contributed by atoms with Crippen molar-refractivity contribution in [3.05, 3.63) is 76.4 Å². The Kier molecular flexibility index (Phi) is 4.91. The van der Waals surface area contributed by atoms with Crippen molar-refractivity contribution in [2.75, 3.05) is 11.1 Å². The summed E-state index contributed by atoms with van der Waals surface area (Å²) in [5.41, 5.74) is 8.91. The molecule has 1 atom stereocenters. The normalized spacial score (nSPS) is 15.1. The maximum atomic E-state index is 14.4. The SMILES string of the molecule is N#Cc1ccc2c(c1F)CCC2Nc1ccc(N)c(C(=N)c2cnn(C(F)F)c2)c1. The number of anilines is 2. The Labute approximate surface area is 170 Å². The van der Waals surface area contributed by atoms with Crippen molar-refractivity contribution >= 4 is 17.1 Å². The second kappa shape index (κ2) is 7.55. The van der Waals surface area contributed by atoms with E-state index in [1.54, 1.807) is 24.3 Å². The number of hydrogen-bond acceptors (Lipinski definition) is 5. The van der Waals surface area contributed by atoms with Gasteiger partial charge in [-0.25, -0.2) is 9.07 Å². The lowest BCUT2D eigenvalue weighted by Crippen LogP contribution is -2.10. The van der Waals surface area contributed by atoms with Crippen molar-refractivity contribution in [3.63, 3.8) is 0 Å². The molecule has 9 heteroatoms. The van der Waals surface area contributed by atoms with Gasteiger partial charge in [-0.2, -0.15) is 19.1 Å². The second-order valence-corrected chi connectivity index (χ2v) is 7.01. The number of hydrogen-bond donors (Lipinski definition) is 3. The van der Waals surface area contributed by atoms with Crippen LogP contribution in [0, 0.1) is 22.6 Å². The Balaban J connectivity index is 1.60. The standard InChI is InChI=1S/C21H17F3N6/c22-19-11(8-25)1-3-14-15(19)4-6-18(14)29-13-2-5-17(26)16(7-13)20(27)12-9-28-30(10-12)21(23)24/h1-3,5,7,9-10,18,21,27,29H,4,6,26H2. The zero-order valence-electron chi connectivity index (χ0n) is 15.7. The molecule has 4 N–H and O–H groups in total. The number of rotatable bonds is 5. The minimum atomic E-state index is -2.79. The second-order valence-electron chi connectivity index (χ2n) is 7.01. The lowest BCUT2D eigenvalue weighted by atomic mass is 10.0. The van der Waals surface area contributed by atoms with Gasteiger partial charge in [0.1, 0.15) is 11.9 Å². The minimum Gasteiger partial charge on any atom is -0.398 e. The van der Waals surface area contributed by atoms with Crippen LogP contribution < -0.4 is 11.1 Å². The first kappa shape index (κ1) is 19.5. The fraction of sp³-hybridized carbons (Fsp3) is 0.190. The van der Waals surface area contributed by atoms with Gasteiger partial charge in [0.05, 0.1) is 23.5 Å². The van der Waals surface area contributed by atoms with Gasteiger partial charge in [-0.15, -0.1) is 0 Å². The number of alkyl halides is 2. The lowest BCUT2D eigenvalue weighted by Gasteiger charge is -2.17. The molecule has 6 nitrogen and oxygen atoms in total. The van der Waals surface area contributed by atoms with E-state index in [1.807, 2.05) is 6.07 Å². The molecule has 0 fully saturated rings. The molecule has 0 bridgehead atoms. The molecule has 0 amide bonds. The minimum absolute atomic E-state index is 0.0282. The van der Waals surface area contributed by atoms with E-state index in [0.717, 1.165) is 11.8 Å². The quantitative estimate of drug-likeness (QED) is 0.429. The van der Waals surface area contributed by atoms with E-state index in [-0.39, 0.29) is 22.9 Å². The number of nitrogen functional groups attached to an aromatic ring is 1. The smallest absolute Gasteiger partial charge is 0.333 e. The zero-order chi connectivity index (χ0) is 21.4. The number of fused-ring (bicyclic) bond motifs is 1. The van der Waals surface area contributed by atoms with E-state index < -0.39 is 12.4 Å². The summed E-state index contributed by atoms with van der Waals surface area (Å²) in [5.74, 6) is -0.477. The van der Waals surface area contributed by atoms with Gasteiger partial charge in [0.15, 0.2) is 0 Å². The number of nitriles is 1. The van der Waals surface area contributed by atoms with Crippen LogP contribution >= 0.6 is 0 Å². The molecule has 0 aliphatic heterocycles. The van der Waals surface area contributed by atoms with Crippen molar-refractivity contribution < 1.29 is 13.2 Å². The Morgan fingerprint density at radius 3 is 2.83 bits per heavy atom. The average Bonchev–Trinajstić information content (AvgIpc) is 3.37. The van der Waals surface area contributed by atoms with E-state index in [0.29, 0.717) is 40.0 Å². The molecule has 2 aromatic carbocycles. The van der Waals surface area contributed by atoms with E-state index in [1.165, 1.54) is 12.3 Å². The van der Waals surface area contributed by atoms with Crippen molar-refractivity contribution in [1.29, 1.82) is 10.7 Å². The first-order valence-electron chi connectivity index (χ1n) is 9.18. The third kappa shape index (κ3) is 3.37. The highest BCUT2D eigenvalue weighted by molar-refractivity contribution is 6.14. The Hall–Kier alpha value is -3.80. The molecule has 4 rings (SSSR count). The Bertz CT molecular complexity index is 1180. The monoisotopic (exact) mass is 410 g/mol. The molecule has 1 unspecified atom stereocenters. The summed E-state index contributed by atoms with van der Waals surface area (Å²) in [4.78, 5) is 0. The van der Waals surface area contributed by atoms with Crippen LogP contribution in [0.25, 0.3) is 0 Å². The van der Waals surface area contributed by atoms with Gasteiger partial charge in [-0.1, -0.05) is 6.07 Å². The predicted molar refractivity (Wildman–Crippen MR) is 106 cm³/mol. The Morgan fingerprint density at radius 1 is 1.33 bits per heavy atom. The van der Waals surface area contributed by atoms with Crippen molar-refractivity contribution in [1.82, 2.24) is 9.78 Å². The molecule has 152 valence electrons. The molecule has 0 radical (unpaired) electrons. The van der Waals surface area contributed by atoms with Gasteiger partial charge >= 0.3 is 6.55 Å². The van der Waals surface area contributed by atoms with Gasteiger partial charge in [0.2, 0.25) is 0 Å². The third-order valence-corrected chi connectivity index (χ3v) is 5.21. The van der Waals surface area contributed by atoms with Crippen LogP contribution in [-0.4, -0.2) is 15.5 Å². The summed E-state index contributed by atoms with van der Waals surface area (Å²) in [6.07, 6.45) is 3.45. The first-order valence-corrected chi connectivity index (χ1v) is 9.18. The van der Waals surface area contributed by atoms with Crippen LogP contribution in [0.3, 0.4) is 0 Å². The molecule has 1 aromatic heterocycles. The van der Waals surface area contributed by atoms with E-state index in [2.05, 4.69) is 10.4 Å². The van der Waals surface area contributed by atoms with Gasteiger partial charge in [-0.05, 0) is 48.2 Å². The number of nitrogens with two attached hydrogens (primary N) is 1. The molecular weight excluding hydrogens is 393 g/mol. The third-order valence-electron chi connectivity index (χ3n) is 5.21. The van der Waals surface area contributed by atoms with Gasteiger partial charge in [-0.3, -0.25) is 5.41 Å². The van der Waals surface area contributed by atoms with Crippen LogP contribution in [0.15, 0.2) is 42.7 Å². The van der Waals surface area contributed by atoms with Crippen LogP contribution in [-0.2, 0) is 6.42 Å². The lowest BCUT2D eigenvalue weighted by molar-refractivity contribution is 0.0566. The topological polar surface area (TPSA) is 104 Å². The first-order chi connectivity index (χ1) is 14.4. The van der Waals surface area contributed by atoms with Gasteiger partial charge < -0.3 is 11.1 Å². The van der Waals surface area contributed by atoms with E-state index in [4.69, 9.17) is 16.4 Å². The fourth-order valence-electron chi connectivity index (χ4n) is 3.69. The molecule has 1 aliphatic carbocycles. The highest BCUT2D eigenvalue weighted by atomic mass is 19.3. The molecule has 1 aliphatic rings. The van der Waals surface area contributed by atoms with Crippen LogP contribution in [0.4, 0.5) is 24.5 Å². The van der Waals surface area contributed by atoms with Crippen molar-refractivity contribution in [3.8, 4) is 6.07 Å². The summed E-state index contributed by atoms with van der Waals surface area (Å²) in [6.45, 7) is -2.79. The maximum absolute atomic E-state index is 14.4. The highest BCUT2D eigenvalue weighted by Crippen LogP contribution is 2.36. The average molecular weight is 410 g/mol. The van der Waals surface area contributed by atoms with E-state index in [9.17, 15) is 13.2 Å². The van der Waals surface area contributed by atoms with E-state index >= 15 is 0 Å². The molecule has 3 aromatic rings. The molecule has 0 spiro atoms. The van der Waals surface area contributed by atoms with Crippen LogP contribution in [0.2, 0.25) is 0 Å². The molecule has 1 heterocycles. The largest absolute Gasteiger partial charge is 0.398 e. The van der Waals surface area contributed by atoms with Gasteiger partial charge in [0.25, 0.3) is 0 Å². The number of halogens is 3. The molecule has 30 heavy (non-hydrogen) atoms. The van der Waals surface area contributed by atoms with Crippen LogP contribution in [0.1, 0.15) is 46.8 Å². The van der Waals surface area contributed by atoms with Crippen molar-refractivity contribution in [2.24, 2.45) is 0 Å². The molecular formula is C21H17F3N6. The summed E-state index contributed by atoms with van der Waals surface area (Å²) < 4.78 is 40.4. The summed E-state index contributed by atoms with van der Waals surface area (Å²) in [6, 6.07) is 9.95. The van der Waals surface area contributed by atoms with Crippen LogP contribution in [0.5, 0.6) is 0 Å². The predicted octanol–water partition coefficient (Wildman–Crippen LogP) is 4.39. The highest BCUT2D eigenvalue weighted by Gasteiger charge is 2.27. The number of nitrogens with zero attached hydrogens (tertiary/aromatic N) is 3. The number of benzene rings is 2. The number of nitrogens with one attached hydrogen (secondary N) is 2. The van der Waals surface area contributed by atoms with Gasteiger partial charge in [0, 0.05) is 28.7 Å². The number of aromatic nitrogens is 2. The molecule has 0 saturated carbocycles. The zero-order valence-corrected chi connectivity index (χ0v) is 15.7.